The van der Waals surface area contributed by atoms with Crippen molar-refractivity contribution in [1.29, 1.82) is 0 Å². The maximum Gasteiger partial charge on any atom is 0.303 e. The highest BCUT2D eigenvalue weighted by Crippen LogP contribution is 2.35. The number of nitrogens with zero attached hydrogens (tertiary/aromatic N) is 3. The minimum Gasteiger partial charge on any atom is -0.489 e. The molecule has 0 radical (unpaired) electrons. The summed E-state index contributed by atoms with van der Waals surface area (Å²) in [4.78, 5) is 26.4. The molecule has 3 aromatic carbocycles. The first-order valence-electron chi connectivity index (χ1n) is 16.0. The molecule has 5 rings (SSSR count). The van der Waals surface area contributed by atoms with Gasteiger partial charge in [0, 0.05) is 35.3 Å². The summed E-state index contributed by atoms with van der Waals surface area (Å²) in [7, 11) is 0. The van der Waals surface area contributed by atoms with Crippen LogP contribution in [-0.4, -0.2) is 42.5 Å². The van der Waals surface area contributed by atoms with Crippen LogP contribution >= 0.6 is 35.6 Å². The normalized spacial score (nSPS) is 13.9. The van der Waals surface area contributed by atoms with E-state index >= 15 is 0 Å². The lowest BCUT2D eigenvalue weighted by Gasteiger charge is -2.14. The van der Waals surface area contributed by atoms with E-state index in [4.69, 9.17) is 38.8 Å². The van der Waals surface area contributed by atoms with Crippen LogP contribution in [0.15, 0.2) is 90.0 Å². The predicted octanol–water partition coefficient (Wildman–Crippen LogP) is 9.57. The summed E-state index contributed by atoms with van der Waals surface area (Å²) in [6, 6.07) is 25.3. The molecule has 0 bridgehead atoms. The van der Waals surface area contributed by atoms with E-state index in [1.165, 1.54) is 11.8 Å². The fourth-order valence-electron chi connectivity index (χ4n) is 5.33. The summed E-state index contributed by atoms with van der Waals surface area (Å²) in [5, 5.41) is 14.4. The molecule has 7 nitrogen and oxygen atoms in total. The van der Waals surface area contributed by atoms with Gasteiger partial charge < -0.3 is 9.84 Å². The number of para-hydroxylation sites is 1. The molecule has 1 fully saturated rings. The number of carbonyl (C=O) groups is 2. The van der Waals surface area contributed by atoms with E-state index in [0.717, 1.165) is 85.2 Å². The topological polar surface area (TPSA) is 84.7 Å². The highest BCUT2D eigenvalue weighted by atomic mass is 35.5. The Kier molecular flexibility index (Phi) is 12.7. The molecular formula is C37H38ClN3O4S2. The minimum absolute atomic E-state index is 0.0669. The molecule has 1 aliphatic rings. The van der Waals surface area contributed by atoms with Crippen molar-refractivity contribution in [1.82, 2.24) is 14.7 Å². The smallest absolute Gasteiger partial charge is 0.303 e. The van der Waals surface area contributed by atoms with E-state index in [0.29, 0.717) is 27.4 Å². The van der Waals surface area contributed by atoms with Gasteiger partial charge in [-0.15, -0.1) is 0 Å². The number of carboxylic acids is 1. The van der Waals surface area contributed by atoms with Gasteiger partial charge >= 0.3 is 5.97 Å². The van der Waals surface area contributed by atoms with Gasteiger partial charge in [-0.05, 0) is 73.0 Å². The van der Waals surface area contributed by atoms with Crippen LogP contribution in [0.5, 0.6) is 5.75 Å². The van der Waals surface area contributed by atoms with E-state index in [1.54, 1.807) is 4.90 Å². The number of carbonyl (C=O) groups excluding carboxylic acids is 1. The average molecular weight is 688 g/mol. The Bertz CT molecular complexity index is 1690. The second-order valence-corrected chi connectivity index (χ2v) is 13.6. The number of thiocarbonyl (C=S) groups is 1. The van der Waals surface area contributed by atoms with Crippen LogP contribution in [0.1, 0.15) is 68.9 Å². The van der Waals surface area contributed by atoms with Crippen molar-refractivity contribution in [2.45, 2.75) is 64.4 Å². The third-order valence-corrected chi connectivity index (χ3v) is 9.52. The van der Waals surface area contributed by atoms with E-state index in [1.807, 2.05) is 95.8 Å². The van der Waals surface area contributed by atoms with E-state index in [2.05, 4.69) is 0 Å². The molecular weight excluding hydrogens is 650 g/mol. The van der Waals surface area contributed by atoms with E-state index in [9.17, 15) is 9.59 Å². The Morgan fingerprint density at radius 2 is 1.55 bits per heavy atom. The molecule has 2 heterocycles. The van der Waals surface area contributed by atoms with Crippen molar-refractivity contribution in [2.24, 2.45) is 0 Å². The molecule has 1 aromatic heterocycles. The third kappa shape index (κ3) is 10.0. The molecule has 0 spiro atoms. The Morgan fingerprint density at radius 1 is 0.894 bits per heavy atom. The van der Waals surface area contributed by atoms with Gasteiger partial charge in [0.1, 0.15) is 16.7 Å². The molecule has 1 amide bonds. The van der Waals surface area contributed by atoms with Gasteiger partial charge in [-0.25, -0.2) is 4.68 Å². The van der Waals surface area contributed by atoms with Crippen molar-refractivity contribution in [3.8, 4) is 22.7 Å². The Balaban J connectivity index is 1.22. The number of rotatable bonds is 17. The molecule has 244 valence electrons. The van der Waals surface area contributed by atoms with Gasteiger partial charge in [-0.2, -0.15) is 5.10 Å². The molecule has 0 aliphatic carbocycles. The number of benzene rings is 3. The standard InChI is InChI=1S/C37H38ClN3O4S2/c38-30-19-15-27(16-20-30)26-45-32-21-17-28(18-22-32)35-29(25-41(39-35)31-12-8-7-9-13-31)24-33-36(44)40(37(46)47-33)23-11-6-4-2-1-3-5-10-14-34(42)43/h7-9,12-13,15-22,24-25H,1-6,10-11,14,23,26H2,(H,42,43)/b33-24-. The van der Waals surface area contributed by atoms with Crippen LogP contribution in [-0.2, 0) is 16.2 Å². The Morgan fingerprint density at radius 3 is 2.23 bits per heavy atom. The maximum absolute atomic E-state index is 13.5. The molecule has 1 aliphatic heterocycles. The number of ether oxygens (including phenoxy) is 1. The first-order valence-corrected chi connectivity index (χ1v) is 17.6. The van der Waals surface area contributed by atoms with Gasteiger partial charge in [-0.1, -0.05) is 104 Å². The van der Waals surface area contributed by atoms with Crippen LogP contribution < -0.4 is 4.74 Å². The fourth-order valence-corrected chi connectivity index (χ4v) is 6.75. The first-order chi connectivity index (χ1) is 22.9. The van der Waals surface area contributed by atoms with Gasteiger partial charge in [0.15, 0.2) is 0 Å². The Labute approximate surface area is 290 Å². The molecule has 1 N–H and O–H groups in total. The SMILES string of the molecule is O=C(O)CCCCCCCCCCN1C(=O)/C(=C/c2cn(-c3ccccc3)nc2-c2ccc(OCc3ccc(Cl)cc3)cc2)SC1=S. The minimum atomic E-state index is -0.721. The monoisotopic (exact) mass is 687 g/mol. The largest absolute Gasteiger partial charge is 0.489 e. The van der Waals surface area contributed by atoms with E-state index < -0.39 is 5.97 Å². The van der Waals surface area contributed by atoms with Crippen LogP contribution in [0.3, 0.4) is 0 Å². The quantitative estimate of drug-likeness (QED) is 0.0672. The number of hydrogen-bond donors (Lipinski definition) is 1. The van der Waals surface area contributed by atoms with Crippen molar-refractivity contribution in [2.75, 3.05) is 6.54 Å². The number of aromatic nitrogens is 2. The zero-order valence-electron chi connectivity index (χ0n) is 26.1. The average Bonchev–Trinajstić information content (AvgIpc) is 3.62. The van der Waals surface area contributed by atoms with Crippen molar-refractivity contribution < 1.29 is 19.4 Å². The number of unbranched alkanes of at least 4 members (excludes halogenated alkanes) is 7. The highest BCUT2D eigenvalue weighted by Gasteiger charge is 2.32. The second kappa shape index (κ2) is 17.3. The lowest BCUT2D eigenvalue weighted by molar-refractivity contribution is -0.137. The summed E-state index contributed by atoms with van der Waals surface area (Å²) >= 11 is 13.0. The van der Waals surface area contributed by atoms with Crippen molar-refractivity contribution in [3.63, 3.8) is 0 Å². The fraction of sp³-hybridized carbons (Fsp3) is 0.297. The summed E-state index contributed by atoms with van der Waals surface area (Å²) in [5.74, 6) is -0.0481. The lowest BCUT2D eigenvalue weighted by atomic mass is 10.1. The maximum atomic E-state index is 13.5. The summed E-state index contributed by atoms with van der Waals surface area (Å²) in [5.41, 5.74) is 4.44. The molecule has 1 saturated heterocycles. The third-order valence-electron chi connectivity index (χ3n) is 7.89. The van der Waals surface area contributed by atoms with Crippen LogP contribution in [0.25, 0.3) is 23.0 Å². The molecule has 4 aromatic rings. The molecule has 0 atom stereocenters. The number of hydrogen-bond acceptors (Lipinski definition) is 6. The van der Waals surface area contributed by atoms with Crippen LogP contribution in [0.2, 0.25) is 5.02 Å². The summed E-state index contributed by atoms with van der Waals surface area (Å²) < 4.78 is 8.40. The molecule has 0 saturated carbocycles. The van der Waals surface area contributed by atoms with Gasteiger partial charge in [0.25, 0.3) is 5.91 Å². The highest BCUT2D eigenvalue weighted by molar-refractivity contribution is 8.26. The van der Waals surface area contributed by atoms with Gasteiger partial charge in [-0.3, -0.25) is 14.5 Å². The van der Waals surface area contributed by atoms with E-state index in [-0.39, 0.29) is 12.3 Å². The van der Waals surface area contributed by atoms with Gasteiger partial charge in [0.05, 0.1) is 16.3 Å². The predicted molar refractivity (Wildman–Crippen MR) is 194 cm³/mol. The Hall–Kier alpha value is -3.92. The number of amides is 1. The first kappa shape index (κ1) is 34.4. The second-order valence-electron chi connectivity index (χ2n) is 11.5. The lowest BCUT2D eigenvalue weighted by Crippen LogP contribution is -2.29. The number of carboxylic acid groups (broad SMARTS) is 1. The van der Waals surface area contributed by atoms with Gasteiger partial charge in [0.2, 0.25) is 0 Å². The zero-order chi connectivity index (χ0) is 33.0. The van der Waals surface area contributed by atoms with Crippen LogP contribution in [0, 0.1) is 0 Å². The number of aliphatic carboxylic acids is 1. The van der Waals surface area contributed by atoms with Crippen LogP contribution in [0.4, 0.5) is 0 Å². The number of halogens is 1. The molecule has 0 unspecified atom stereocenters. The van der Waals surface area contributed by atoms with Crippen molar-refractivity contribution >= 4 is 57.9 Å². The summed E-state index contributed by atoms with van der Waals surface area (Å²) in [6.07, 6.45) is 12.1. The molecule has 47 heavy (non-hydrogen) atoms. The molecule has 10 heteroatoms. The summed E-state index contributed by atoms with van der Waals surface area (Å²) in [6.45, 7) is 1.04. The zero-order valence-corrected chi connectivity index (χ0v) is 28.5. The van der Waals surface area contributed by atoms with Crippen molar-refractivity contribution in [3.05, 3.63) is 106 Å². The number of thioether (sulfide) groups is 1.